The Labute approximate surface area is 164 Å². The monoisotopic (exact) mass is 420 g/mol. The quantitative estimate of drug-likeness (QED) is 0.718. The van der Waals surface area contributed by atoms with Gasteiger partial charge >= 0.3 is 6.18 Å². The van der Waals surface area contributed by atoms with E-state index in [-0.39, 0.29) is 21.7 Å². The van der Waals surface area contributed by atoms with Crippen molar-refractivity contribution in [2.45, 2.75) is 19.0 Å². The molecular formula is C18H17Cl2F3N2O2. The molecule has 0 bridgehead atoms. The minimum absolute atomic E-state index is 0.0327. The van der Waals surface area contributed by atoms with Crippen LogP contribution in [0.25, 0.3) is 0 Å². The number of hydrogen-bond acceptors (Lipinski definition) is 4. The van der Waals surface area contributed by atoms with Gasteiger partial charge in [-0.2, -0.15) is 13.2 Å². The lowest BCUT2D eigenvalue weighted by Crippen LogP contribution is -2.36. The molecule has 0 radical (unpaired) electrons. The number of nitrogens with zero attached hydrogens (tertiary/aromatic N) is 2. The number of benzene rings is 1. The van der Waals surface area contributed by atoms with Gasteiger partial charge in [-0.25, -0.2) is 4.98 Å². The van der Waals surface area contributed by atoms with E-state index in [0.717, 1.165) is 25.1 Å². The number of phenolic OH excluding ortho intramolecular Hbond substituents is 1. The number of aromatic hydroxyl groups is 1. The van der Waals surface area contributed by atoms with Crippen molar-refractivity contribution in [2.75, 3.05) is 24.6 Å². The van der Waals surface area contributed by atoms with Gasteiger partial charge in [0.1, 0.15) is 11.6 Å². The van der Waals surface area contributed by atoms with Gasteiger partial charge in [0.05, 0.1) is 22.2 Å². The average Bonchev–Trinajstić information content (AvgIpc) is 2.61. The number of rotatable bonds is 4. The van der Waals surface area contributed by atoms with Gasteiger partial charge in [0, 0.05) is 31.4 Å². The number of halogens is 5. The predicted octanol–water partition coefficient (Wildman–Crippen LogP) is 5.41. The molecule has 4 nitrogen and oxygen atoms in total. The zero-order valence-electron chi connectivity index (χ0n) is 14.1. The van der Waals surface area contributed by atoms with Gasteiger partial charge in [-0.05, 0) is 30.9 Å². The Morgan fingerprint density at radius 3 is 2.30 bits per heavy atom. The fraction of sp³-hybridized carbons (Fsp3) is 0.389. The molecule has 1 aromatic carbocycles. The van der Waals surface area contributed by atoms with Gasteiger partial charge in [-0.1, -0.05) is 23.2 Å². The molecular weight excluding hydrogens is 404 g/mol. The SMILES string of the molecule is Oc1cc(Cl)c(OCC2CCN(c3ccc(C(F)(F)F)cn3)CC2)c(Cl)c1. The summed E-state index contributed by atoms with van der Waals surface area (Å²) in [6.45, 7) is 1.76. The summed E-state index contributed by atoms with van der Waals surface area (Å²) in [5.41, 5.74) is -0.753. The fourth-order valence-electron chi connectivity index (χ4n) is 2.96. The van der Waals surface area contributed by atoms with Crippen LogP contribution in [0.5, 0.6) is 11.5 Å². The average molecular weight is 421 g/mol. The Balaban J connectivity index is 1.53. The molecule has 2 heterocycles. The summed E-state index contributed by atoms with van der Waals surface area (Å²) in [5, 5.41) is 9.92. The number of piperidine rings is 1. The van der Waals surface area contributed by atoms with Crippen molar-refractivity contribution in [2.24, 2.45) is 5.92 Å². The molecule has 27 heavy (non-hydrogen) atoms. The maximum Gasteiger partial charge on any atom is 0.417 e. The number of pyridine rings is 1. The van der Waals surface area contributed by atoms with Crippen LogP contribution >= 0.6 is 23.2 Å². The topological polar surface area (TPSA) is 45.6 Å². The summed E-state index contributed by atoms with van der Waals surface area (Å²) in [6.07, 6.45) is -1.92. The van der Waals surface area contributed by atoms with E-state index in [0.29, 0.717) is 31.3 Å². The summed E-state index contributed by atoms with van der Waals surface area (Å²) in [6, 6.07) is 5.17. The van der Waals surface area contributed by atoms with E-state index >= 15 is 0 Å². The molecule has 3 rings (SSSR count). The van der Waals surface area contributed by atoms with Gasteiger partial charge < -0.3 is 14.7 Å². The first-order valence-electron chi connectivity index (χ1n) is 8.33. The van der Waals surface area contributed by atoms with Gasteiger partial charge in [-0.3, -0.25) is 0 Å². The standard InChI is InChI=1S/C18H17Cl2F3N2O2/c19-14-7-13(26)8-15(20)17(14)27-10-11-3-5-25(6-4-11)16-2-1-12(9-24-16)18(21,22)23/h1-2,7-9,11,26H,3-6,10H2. The second kappa shape index (κ2) is 8.02. The molecule has 1 aromatic heterocycles. The third-order valence-corrected chi connectivity index (χ3v) is 5.02. The lowest BCUT2D eigenvalue weighted by atomic mass is 9.98. The van der Waals surface area contributed by atoms with Gasteiger partial charge in [0.15, 0.2) is 5.75 Å². The summed E-state index contributed by atoms with van der Waals surface area (Å²) in [7, 11) is 0. The highest BCUT2D eigenvalue weighted by Crippen LogP contribution is 2.37. The molecule has 1 aliphatic heterocycles. The second-order valence-corrected chi connectivity index (χ2v) is 7.20. The molecule has 0 atom stereocenters. The second-order valence-electron chi connectivity index (χ2n) is 6.38. The molecule has 0 amide bonds. The number of alkyl halides is 3. The first kappa shape index (κ1) is 19.9. The van der Waals surface area contributed by atoms with E-state index in [1.807, 2.05) is 4.90 Å². The summed E-state index contributed by atoms with van der Waals surface area (Å²) in [5.74, 6) is 1.10. The van der Waals surface area contributed by atoms with Gasteiger partial charge in [0.2, 0.25) is 0 Å². The molecule has 1 saturated heterocycles. The van der Waals surface area contributed by atoms with Crippen molar-refractivity contribution in [1.29, 1.82) is 0 Å². The third kappa shape index (κ3) is 4.90. The van der Waals surface area contributed by atoms with Crippen LogP contribution in [0.1, 0.15) is 18.4 Å². The lowest BCUT2D eigenvalue weighted by Gasteiger charge is -2.32. The van der Waals surface area contributed by atoms with Crippen LogP contribution in [0.15, 0.2) is 30.5 Å². The Kier molecular flexibility index (Phi) is 5.91. The molecule has 1 N–H and O–H groups in total. The van der Waals surface area contributed by atoms with Crippen LogP contribution in [0.4, 0.5) is 19.0 Å². The van der Waals surface area contributed by atoms with E-state index in [9.17, 15) is 18.3 Å². The summed E-state index contributed by atoms with van der Waals surface area (Å²) < 4.78 is 43.6. The van der Waals surface area contributed by atoms with Crippen LogP contribution in [0, 0.1) is 5.92 Å². The van der Waals surface area contributed by atoms with Crippen LogP contribution in [0.2, 0.25) is 10.0 Å². The number of ether oxygens (including phenoxy) is 1. The largest absolute Gasteiger partial charge is 0.508 e. The normalized spacial score (nSPS) is 15.8. The first-order chi connectivity index (χ1) is 12.7. The lowest BCUT2D eigenvalue weighted by molar-refractivity contribution is -0.137. The smallest absolute Gasteiger partial charge is 0.417 e. The van der Waals surface area contributed by atoms with Crippen LogP contribution in [-0.2, 0) is 6.18 Å². The maximum absolute atomic E-state index is 12.6. The molecule has 9 heteroatoms. The number of phenols is 1. The summed E-state index contributed by atoms with van der Waals surface area (Å²) in [4.78, 5) is 5.89. The number of hydrogen-bond donors (Lipinski definition) is 1. The van der Waals surface area contributed by atoms with Crippen molar-refractivity contribution in [3.63, 3.8) is 0 Å². The van der Waals surface area contributed by atoms with E-state index in [4.69, 9.17) is 27.9 Å². The highest BCUT2D eigenvalue weighted by atomic mass is 35.5. The van der Waals surface area contributed by atoms with Gasteiger partial charge in [-0.15, -0.1) is 0 Å². The Morgan fingerprint density at radius 2 is 1.78 bits per heavy atom. The minimum Gasteiger partial charge on any atom is -0.508 e. The van der Waals surface area contributed by atoms with Crippen LogP contribution < -0.4 is 9.64 Å². The zero-order chi connectivity index (χ0) is 19.6. The van der Waals surface area contributed by atoms with Crippen molar-refractivity contribution >= 4 is 29.0 Å². The van der Waals surface area contributed by atoms with Crippen LogP contribution in [0.3, 0.4) is 0 Å². The highest BCUT2D eigenvalue weighted by molar-refractivity contribution is 6.37. The van der Waals surface area contributed by atoms with Crippen LogP contribution in [-0.4, -0.2) is 29.8 Å². The van der Waals surface area contributed by atoms with Crippen molar-refractivity contribution < 1.29 is 23.0 Å². The Hall–Kier alpha value is -1.86. The summed E-state index contributed by atoms with van der Waals surface area (Å²) >= 11 is 12.1. The highest BCUT2D eigenvalue weighted by Gasteiger charge is 2.31. The third-order valence-electron chi connectivity index (χ3n) is 4.46. The minimum atomic E-state index is -4.38. The Bertz CT molecular complexity index is 769. The fourth-order valence-corrected chi connectivity index (χ4v) is 3.54. The van der Waals surface area contributed by atoms with Crippen molar-refractivity contribution in [3.8, 4) is 11.5 Å². The molecule has 1 fully saturated rings. The predicted molar refractivity (Wildman–Crippen MR) is 97.8 cm³/mol. The molecule has 0 unspecified atom stereocenters. The maximum atomic E-state index is 12.6. The van der Waals surface area contributed by atoms with E-state index in [2.05, 4.69) is 4.98 Å². The Morgan fingerprint density at radius 1 is 1.15 bits per heavy atom. The van der Waals surface area contributed by atoms with Crippen molar-refractivity contribution in [3.05, 3.63) is 46.1 Å². The van der Waals surface area contributed by atoms with E-state index in [1.54, 1.807) is 0 Å². The number of aromatic nitrogens is 1. The molecule has 0 saturated carbocycles. The molecule has 2 aromatic rings. The van der Waals surface area contributed by atoms with Gasteiger partial charge in [0.25, 0.3) is 0 Å². The zero-order valence-corrected chi connectivity index (χ0v) is 15.7. The van der Waals surface area contributed by atoms with Crippen molar-refractivity contribution in [1.82, 2.24) is 4.98 Å². The molecule has 0 aliphatic carbocycles. The molecule has 146 valence electrons. The van der Waals surface area contributed by atoms with E-state index in [1.165, 1.54) is 18.2 Å². The number of anilines is 1. The first-order valence-corrected chi connectivity index (χ1v) is 9.08. The molecule has 1 aliphatic rings. The van der Waals surface area contributed by atoms with E-state index < -0.39 is 11.7 Å². The molecule has 0 spiro atoms.